The molecular formula is C34H35F2N3O2. The van der Waals surface area contributed by atoms with Crippen LogP contribution in [0.5, 0.6) is 5.75 Å². The molecule has 4 aromatic rings. The molecule has 5 nitrogen and oxygen atoms in total. The van der Waals surface area contributed by atoms with Crippen molar-refractivity contribution >= 4 is 10.9 Å². The zero-order valence-electron chi connectivity index (χ0n) is 23.2. The summed E-state index contributed by atoms with van der Waals surface area (Å²) in [7, 11) is 0. The van der Waals surface area contributed by atoms with E-state index in [0.717, 1.165) is 65.1 Å². The quantitative estimate of drug-likeness (QED) is 0.320. The van der Waals surface area contributed by atoms with Crippen LogP contribution < -0.4 is 4.74 Å². The molecule has 0 amide bonds. The van der Waals surface area contributed by atoms with Crippen molar-refractivity contribution in [3.63, 3.8) is 0 Å². The smallest absolute Gasteiger partial charge is 0.242 e. The van der Waals surface area contributed by atoms with E-state index in [1.165, 1.54) is 0 Å². The summed E-state index contributed by atoms with van der Waals surface area (Å²) in [5.41, 5.74) is 4.89. The van der Waals surface area contributed by atoms with Crippen molar-refractivity contribution in [1.82, 2.24) is 14.8 Å². The van der Waals surface area contributed by atoms with Crippen LogP contribution in [0.3, 0.4) is 0 Å². The standard InChI is InChI=1S/C34H35F2N3O2/c1-34(26-11-4-2-8-23(26)30-31(32(30)33(35)36)24-9-3-5-12-27(24)34)39-18-16-38(17-19-39)20-22(40)21-41-29-14-6-13-28-25(29)10-7-15-37-28/h2-15,22,30-33,40H,16-21H2,1H3/t22?,30-,31+,32?,34?. The Balaban J connectivity index is 1.07. The number of piperazine rings is 1. The number of hydrogen-bond acceptors (Lipinski definition) is 5. The van der Waals surface area contributed by atoms with E-state index in [9.17, 15) is 13.9 Å². The van der Waals surface area contributed by atoms with Gasteiger partial charge in [0.05, 0.1) is 11.1 Å². The molecule has 212 valence electrons. The summed E-state index contributed by atoms with van der Waals surface area (Å²) in [6, 6.07) is 26.1. The molecule has 7 heteroatoms. The first kappa shape index (κ1) is 26.5. The Morgan fingerprint density at radius 2 is 1.54 bits per heavy atom. The minimum Gasteiger partial charge on any atom is -0.490 e. The summed E-state index contributed by atoms with van der Waals surface area (Å²) < 4.78 is 34.2. The lowest BCUT2D eigenvalue weighted by Gasteiger charge is -2.48. The minimum atomic E-state index is -2.33. The highest BCUT2D eigenvalue weighted by molar-refractivity contribution is 5.84. The van der Waals surface area contributed by atoms with Crippen LogP contribution in [0, 0.1) is 5.92 Å². The van der Waals surface area contributed by atoms with E-state index >= 15 is 0 Å². The predicted octanol–water partition coefficient (Wildman–Crippen LogP) is 5.63. The van der Waals surface area contributed by atoms with Crippen molar-refractivity contribution in [2.24, 2.45) is 5.92 Å². The molecule has 0 bridgehead atoms. The molecule has 3 unspecified atom stereocenters. The summed E-state index contributed by atoms with van der Waals surface area (Å²) in [6.45, 7) is 6.25. The minimum absolute atomic E-state index is 0.136. The molecule has 2 aliphatic carbocycles. The number of ether oxygens (including phenoxy) is 1. The fraction of sp³-hybridized carbons (Fsp3) is 0.382. The largest absolute Gasteiger partial charge is 0.490 e. The summed E-state index contributed by atoms with van der Waals surface area (Å²) in [4.78, 5) is 9.18. The molecule has 0 radical (unpaired) electrons. The molecule has 41 heavy (non-hydrogen) atoms. The highest BCUT2D eigenvalue weighted by Crippen LogP contribution is 2.67. The highest BCUT2D eigenvalue weighted by atomic mass is 19.3. The van der Waals surface area contributed by atoms with Crippen molar-refractivity contribution in [2.75, 3.05) is 39.3 Å². The number of β-amino-alcohol motifs (C(OH)–C–C–N with tert-alkyl or cyclic N) is 1. The highest BCUT2D eigenvalue weighted by Gasteiger charge is 2.61. The number of fused-ring (bicyclic) bond motifs is 6. The fourth-order valence-electron chi connectivity index (χ4n) is 7.51. The molecule has 3 aliphatic rings. The lowest BCUT2D eigenvalue weighted by molar-refractivity contribution is 0.0227. The average molecular weight is 556 g/mol. The van der Waals surface area contributed by atoms with Gasteiger partial charge in [-0.1, -0.05) is 54.6 Å². The third-order valence-electron chi connectivity index (χ3n) is 9.57. The first-order valence-electron chi connectivity index (χ1n) is 14.6. The zero-order chi connectivity index (χ0) is 28.1. The predicted molar refractivity (Wildman–Crippen MR) is 156 cm³/mol. The lowest BCUT2D eigenvalue weighted by Crippen LogP contribution is -2.56. The number of halogens is 2. The number of rotatable bonds is 7. The Labute approximate surface area is 239 Å². The van der Waals surface area contributed by atoms with Gasteiger partial charge in [-0.25, -0.2) is 8.78 Å². The molecule has 5 atom stereocenters. The number of benzene rings is 3. The molecule has 2 fully saturated rings. The maximum Gasteiger partial charge on any atom is 0.242 e. The molecule has 3 aromatic carbocycles. The van der Waals surface area contributed by atoms with Gasteiger partial charge in [-0.3, -0.25) is 14.8 Å². The molecule has 7 rings (SSSR count). The first-order valence-corrected chi connectivity index (χ1v) is 14.6. The SMILES string of the molecule is CC1(N2CCN(CC(O)COc3cccc4ncccc34)CC2)c2ccccc2[C@@H]2C(C(F)F)[C@@H]2c2ccccc21. The molecule has 1 aromatic heterocycles. The lowest BCUT2D eigenvalue weighted by atomic mass is 9.78. The van der Waals surface area contributed by atoms with Gasteiger partial charge in [0.25, 0.3) is 0 Å². The van der Waals surface area contributed by atoms with Crippen LogP contribution in [0.1, 0.15) is 41.0 Å². The summed E-state index contributed by atoms with van der Waals surface area (Å²) in [5, 5.41) is 11.8. The Morgan fingerprint density at radius 1 is 0.878 bits per heavy atom. The molecular weight excluding hydrogens is 520 g/mol. The van der Waals surface area contributed by atoms with Crippen LogP contribution in [0.2, 0.25) is 0 Å². The Kier molecular flexibility index (Phi) is 6.76. The van der Waals surface area contributed by atoms with E-state index in [0.29, 0.717) is 6.54 Å². The van der Waals surface area contributed by atoms with Crippen molar-refractivity contribution in [2.45, 2.75) is 36.8 Å². The maximum atomic E-state index is 14.1. The van der Waals surface area contributed by atoms with Crippen LogP contribution in [-0.4, -0.2) is 71.8 Å². The third kappa shape index (κ3) is 4.51. The molecule has 1 saturated carbocycles. The van der Waals surface area contributed by atoms with Crippen LogP contribution in [0.15, 0.2) is 85.1 Å². The van der Waals surface area contributed by atoms with Gasteiger partial charge in [-0.2, -0.15) is 0 Å². The third-order valence-corrected chi connectivity index (χ3v) is 9.57. The maximum absolute atomic E-state index is 14.1. The van der Waals surface area contributed by atoms with Gasteiger partial charge in [0, 0.05) is 62.1 Å². The van der Waals surface area contributed by atoms with E-state index in [4.69, 9.17) is 4.74 Å². The Bertz CT molecular complexity index is 1500. The normalized spacial score (nSPS) is 26.6. The molecule has 1 N–H and O–H groups in total. The number of aromatic nitrogens is 1. The van der Waals surface area contributed by atoms with E-state index in [1.54, 1.807) is 6.20 Å². The van der Waals surface area contributed by atoms with Crippen LogP contribution in [0.4, 0.5) is 8.78 Å². The van der Waals surface area contributed by atoms with E-state index < -0.39 is 24.0 Å². The second kappa shape index (κ2) is 10.5. The van der Waals surface area contributed by atoms with Gasteiger partial charge in [-0.15, -0.1) is 0 Å². The monoisotopic (exact) mass is 555 g/mol. The molecule has 1 saturated heterocycles. The summed E-state index contributed by atoms with van der Waals surface area (Å²) in [6.07, 6.45) is -1.19. The van der Waals surface area contributed by atoms with E-state index in [1.807, 2.05) is 54.6 Å². The zero-order valence-corrected chi connectivity index (χ0v) is 23.2. The first-order chi connectivity index (χ1) is 20.0. The van der Waals surface area contributed by atoms with Crippen molar-refractivity contribution in [3.05, 3.63) is 107 Å². The molecule has 1 aliphatic heterocycles. The van der Waals surface area contributed by atoms with E-state index in [-0.39, 0.29) is 18.4 Å². The fourth-order valence-corrected chi connectivity index (χ4v) is 7.51. The average Bonchev–Trinajstić information content (AvgIpc) is 3.77. The van der Waals surface area contributed by atoms with E-state index in [2.05, 4.69) is 46.0 Å². The summed E-state index contributed by atoms with van der Waals surface area (Å²) >= 11 is 0. The van der Waals surface area contributed by atoms with Gasteiger partial charge < -0.3 is 9.84 Å². The molecule has 2 heterocycles. The van der Waals surface area contributed by atoms with Crippen LogP contribution in [0.25, 0.3) is 10.9 Å². The number of aliphatic hydroxyl groups excluding tert-OH is 1. The molecule has 0 spiro atoms. The van der Waals surface area contributed by atoms with Gasteiger partial charge >= 0.3 is 0 Å². The van der Waals surface area contributed by atoms with Crippen molar-refractivity contribution in [3.8, 4) is 5.75 Å². The van der Waals surface area contributed by atoms with Crippen LogP contribution >= 0.6 is 0 Å². The Morgan fingerprint density at radius 3 is 2.20 bits per heavy atom. The van der Waals surface area contributed by atoms with Gasteiger partial charge in [0.15, 0.2) is 0 Å². The van der Waals surface area contributed by atoms with Gasteiger partial charge in [0.1, 0.15) is 18.5 Å². The summed E-state index contributed by atoms with van der Waals surface area (Å²) in [5.74, 6) is -0.163. The number of alkyl halides is 2. The number of hydrogen-bond donors (Lipinski definition) is 1. The topological polar surface area (TPSA) is 48.8 Å². The van der Waals surface area contributed by atoms with Crippen molar-refractivity contribution < 1.29 is 18.6 Å². The number of pyridine rings is 1. The van der Waals surface area contributed by atoms with Gasteiger partial charge in [-0.05, 0) is 53.4 Å². The second-order valence-electron chi connectivity index (χ2n) is 11.8. The van der Waals surface area contributed by atoms with Crippen LogP contribution in [-0.2, 0) is 5.54 Å². The second-order valence-corrected chi connectivity index (χ2v) is 11.8. The van der Waals surface area contributed by atoms with Crippen molar-refractivity contribution in [1.29, 1.82) is 0 Å². The number of aliphatic hydroxyl groups is 1. The number of nitrogens with zero attached hydrogens (tertiary/aromatic N) is 3. The Hall–Kier alpha value is -3.39. The van der Waals surface area contributed by atoms with Gasteiger partial charge in [0.2, 0.25) is 6.43 Å².